The van der Waals surface area contributed by atoms with Crippen molar-refractivity contribution in [2.45, 2.75) is 13.0 Å². The van der Waals surface area contributed by atoms with E-state index in [-0.39, 0.29) is 0 Å². The van der Waals surface area contributed by atoms with Crippen LogP contribution in [0.3, 0.4) is 0 Å². The lowest BCUT2D eigenvalue weighted by Crippen LogP contribution is -2.30. The highest BCUT2D eigenvalue weighted by molar-refractivity contribution is 5.56. The number of nitrogens with zero attached hydrogens (tertiary/aromatic N) is 2. The van der Waals surface area contributed by atoms with Crippen LogP contribution in [0.15, 0.2) is 30.5 Å². The molecule has 0 saturated heterocycles. The number of methoxy groups -OCH3 is 2. The molecule has 2 aromatic rings. The van der Waals surface area contributed by atoms with Crippen molar-refractivity contribution in [3.05, 3.63) is 41.6 Å². The number of ether oxygens (including phenoxy) is 2. The zero-order valence-corrected chi connectivity index (χ0v) is 12.3. The number of fused-ring (bicyclic) bond motifs is 1. The molecule has 0 radical (unpaired) electrons. The molecule has 0 amide bonds. The first-order valence-corrected chi connectivity index (χ1v) is 6.91. The summed E-state index contributed by atoms with van der Waals surface area (Å²) in [4.78, 5) is 6.34. The molecule has 21 heavy (non-hydrogen) atoms. The van der Waals surface area contributed by atoms with E-state index in [0.29, 0.717) is 5.82 Å². The summed E-state index contributed by atoms with van der Waals surface area (Å²) in [5.41, 5.74) is 9.44. The van der Waals surface area contributed by atoms with E-state index < -0.39 is 0 Å². The number of nitrogens with two attached hydrogens (primary N) is 1. The van der Waals surface area contributed by atoms with Crippen LogP contribution in [-0.2, 0) is 13.0 Å². The van der Waals surface area contributed by atoms with Gasteiger partial charge in [0.25, 0.3) is 0 Å². The number of hydrogen-bond acceptors (Lipinski definition) is 5. The van der Waals surface area contributed by atoms with Crippen LogP contribution in [0.25, 0.3) is 0 Å². The molecule has 3 rings (SSSR count). The third kappa shape index (κ3) is 2.59. The minimum Gasteiger partial charge on any atom is -0.493 e. The third-order valence-electron chi connectivity index (χ3n) is 3.85. The second kappa shape index (κ2) is 5.52. The van der Waals surface area contributed by atoms with Crippen molar-refractivity contribution >= 4 is 11.5 Å². The third-order valence-corrected chi connectivity index (χ3v) is 3.85. The lowest BCUT2D eigenvalue weighted by Gasteiger charge is -2.31. The van der Waals surface area contributed by atoms with Crippen LogP contribution < -0.4 is 20.1 Å². The number of nitrogen functional groups attached to an aromatic ring is 1. The van der Waals surface area contributed by atoms with Crippen molar-refractivity contribution in [3.63, 3.8) is 0 Å². The standard InChI is InChI=1S/C16H19N3O2/c1-20-14-7-11-4-6-19(10-12(11)8-15(14)21-2)13-3-5-18-16(17)9-13/h3,5,7-9H,4,6,10H2,1-2H3,(H2,17,18). The smallest absolute Gasteiger partial charge is 0.161 e. The predicted molar refractivity (Wildman–Crippen MR) is 82.9 cm³/mol. The predicted octanol–water partition coefficient (Wildman–Crippen LogP) is 2.24. The van der Waals surface area contributed by atoms with Crippen molar-refractivity contribution in [1.82, 2.24) is 4.98 Å². The van der Waals surface area contributed by atoms with Crippen molar-refractivity contribution in [1.29, 1.82) is 0 Å². The average Bonchev–Trinajstić information content (AvgIpc) is 2.53. The molecule has 2 heterocycles. The molecular formula is C16H19N3O2. The molecule has 0 spiro atoms. The fourth-order valence-corrected chi connectivity index (χ4v) is 2.74. The normalized spacial score (nSPS) is 13.7. The summed E-state index contributed by atoms with van der Waals surface area (Å²) in [6.45, 7) is 1.78. The first kappa shape index (κ1) is 13.5. The Morgan fingerprint density at radius 3 is 2.48 bits per heavy atom. The Balaban J connectivity index is 1.91. The number of anilines is 2. The molecule has 0 fully saturated rings. The monoisotopic (exact) mass is 285 g/mol. The number of benzene rings is 1. The molecule has 0 saturated carbocycles. The fraction of sp³-hybridized carbons (Fsp3) is 0.312. The fourth-order valence-electron chi connectivity index (χ4n) is 2.74. The number of hydrogen-bond donors (Lipinski definition) is 1. The Kier molecular flexibility index (Phi) is 3.56. The van der Waals surface area contributed by atoms with Gasteiger partial charge in [-0.05, 0) is 35.7 Å². The van der Waals surface area contributed by atoms with Crippen molar-refractivity contribution in [3.8, 4) is 11.5 Å². The Morgan fingerprint density at radius 1 is 1.10 bits per heavy atom. The van der Waals surface area contributed by atoms with Gasteiger partial charge in [-0.1, -0.05) is 0 Å². The Hall–Kier alpha value is -2.43. The van der Waals surface area contributed by atoms with Crippen LogP contribution in [0.2, 0.25) is 0 Å². The molecule has 0 bridgehead atoms. The van der Waals surface area contributed by atoms with E-state index in [1.165, 1.54) is 11.1 Å². The van der Waals surface area contributed by atoms with E-state index in [1.54, 1.807) is 20.4 Å². The maximum Gasteiger partial charge on any atom is 0.161 e. The zero-order valence-electron chi connectivity index (χ0n) is 12.3. The largest absolute Gasteiger partial charge is 0.493 e. The Morgan fingerprint density at radius 2 is 1.81 bits per heavy atom. The van der Waals surface area contributed by atoms with Gasteiger partial charge in [-0.2, -0.15) is 0 Å². The van der Waals surface area contributed by atoms with Crippen molar-refractivity contribution in [2.24, 2.45) is 0 Å². The maximum atomic E-state index is 5.77. The quantitative estimate of drug-likeness (QED) is 0.937. The van der Waals surface area contributed by atoms with Crippen LogP contribution in [-0.4, -0.2) is 25.7 Å². The average molecular weight is 285 g/mol. The zero-order chi connectivity index (χ0) is 14.8. The number of pyridine rings is 1. The van der Waals surface area contributed by atoms with Gasteiger partial charge in [0.05, 0.1) is 14.2 Å². The van der Waals surface area contributed by atoms with E-state index in [9.17, 15) is 0 Å². The van der Waals surface area contributed by atoms with Gasteiger partial charge in [-0.15, -0.1) is 0 Å². The van der Waals surface area contributed by atoms with Crippen molar-refractivity contribution < 1.29 is 9.47 Å². The van der Waals surface area contributed by atoms with Gasteiger partial charge < -0.3 is 20.1 Å². The van der Waals surface area contributed by atoms with Gasteiger partial charge in [0, 0.05) is 31.0 Å². The van der Waals surface area contributed by atoms with Crippen LogP contribution in [0.4, 0.5) is 11.5 Å². The first-order valence-electron chi connectivity index (χ1n) is 6.91. The van der Waals surface area contributed by atoms with E-state index >= 15 is 0 Å². The van der Waals surface area contributed by atoms with Gasteiger partial charge in [-0.25, -0.2) is 4.98 Å². The molecule has 1 aliphatic rings. The minimum atomic E-state index is 0.547. The summed E-state index contributed by atoms with van der Waals surface area (Å²) in [5, 5.41) is 0. The highest BCUT2D eigenvalue weighted by atomic mass is 16.5. The van der Waals surface area contributed by atoms with Gasteiger partial charge >= 0.3 is 0 Å². The topological polar surface area (TPSA) is 60.6 Å². The first-order chi connectivity index (χ1) is 10.2. The maximum absolute atomic E-state index is 5.77. The van der Waals surface area contributed by atoms with Crippen LogP contribution >= 0.6 is 0 Å². The molecule has 0 unspecified atom stereocenters. The second-order valence-electron chi connectivity index (χ2n) is 5.09. The van der Waals surface area contributed by atoms with Gasteiger partial charge in [0.1, 0.15) is 5.82 Å². The summed E-state index contributed by atoms with van der Waals surface area (Å²) < 4.78 is 10.8. The number of rotatable bonds is 3. The van der Waals surface area contributed by atoms with Crippen LogP contribution in [0.1, 0.15) is 11.1 Å². The summed E-state index contributed by atoms with van der Waals surface area (Å²) >= 11 is 0. The molecule has 5 nitrogen and oxygen atoms in total. The van der Waals surface area contributed by atoms with E-state index in [2.05, 4.69) is 22.0 Å². The summed E-state index contributed by atoms with van der Waals surface area (Å²) in [6, 6.07) is 8.03. The highest BCUT2D eigenvalue weighted by Gasteiger charge is 2.19. The summed E-state index contributed by atoms with van der Waals surface area (Å²) in [6.07, 6.45) is 2.71. The lowest BCUT2D eigenvalue weighted by atomic mass is 9.98. The molecule has 0 atom stereocenters. The SMILES string of the molecule is COc1cc2c(cc1OC)CN(c1ccnc(N)c1)CC2. The van der Waals surface area contributed by atoms with Gasteiger partial charge in [-0.3, -0.25) is 0 Å². The molecule has 110 valence electrons. The van der Waals surface area contributed by atoms with Crippen molar-refractivity contribution in [2.75, 3.05) is 31.4 Å². The molecule has 1 aromatic heterocycles. The highest BCUT2D eigenvalue weighted by Crippen LogP contribution is 2.34. The summed E-state index contributed by atoms with van der Waals surface area (Å²) in [7, 11) is 3.33. The molecule has 0 aliphatic carbocycles. The molecular weight excluding hydrogens is 266 g/mol. The lowest BCUT2D eigenvalue weighted by molar-refractivity contribution is 0.353. The minimum absolute atomic E-state index is 0.547. The van der Waals surface area contributed by atoms with E-state index in [0.717, 1.165) is 36.7 Å². The Bertz CT molecular complexity index is 658. The number of aromatic nitrogens is 1. The molecule has 2 N–H and O–H groups in total. The van der Waals surface area contributed by atoms with Crippen LogP contribution in [0.5, 0.6) is 11.5 Å². The summed E-state index contributed by atoms with van der Waals surface area (Å²) in [5.74, 6) is 2.11. The van der Waals surface area contributed by atoms with Gasteiger partial charge in [0.2, 0.25) is 0 Å². The van der Waals surface area contributed by atoms with Gasteiger partial charge in [0.15, 0.2) is 11.5 Å². The molecule has 1 aliphatic heterocycles. The van der Waals surface area contributed by atoms with Crippen LogP contribution in [0, 0.1) is 0 Å². The molecule has 1 aromatic carbocycles. The molecule has 5 heteroatoms. The Labute approximate surface area is 124 Å². The second-order valence-corrected chi connectivity index (χ2v) is 5.09. The van der Waals surface area contributed by atoms with E-state index in [4.69, 9.17) is 15.2 Å². The van der Waals surface area contributed by atoms with E-state index in [1.807, 2.05) is 12.1 Å².